The number of nitrogens with zero attached hydrogens (tertiary/aromatic N) is 1. The van der Waals surface area contributed by atoms with Crippen LogP contribution in [0.25, 0.3) is 0 Å². The van der Waals surface area contributed by atoms with Crippen molar-refractivity contribution in [1.82, 2.24) is 9.55 Å². The van der Waals surface area contributed by atoms with Crippen LogP contribution in [0.3, 0.4) is 0 Å². The summed E-state index contributed by atoms with van der Waals surface area (Å²) in [6.07, 6.45) is -1.40. The van der Waals surface area contributed by atoms with Crippen LogP contribution in [0.2, 0.25) is 0 Å². The lowest BCUT2D eigenvalue weighted by molar-refractivity contribution is -0.0762. The molecule has 1 aromatic rings. The summed E-state index contributed by atoms with van der Waals surface area (Å²) in [5, 5.41) is 10.0. The quantitative estimate of drug-likeness (QED) is 0.695. The van der Waals surface area contributed by atoms with Crippen LogP contribution in [0.4, 0.5) is 0 Å². The monoisotopic (exact) mass is 298 g/mol. The van der Waals surface area contributed by atoms with Crippen molar-refractivity contribution in [2.75, 3.05) is 20.3 Å². The molecular weight excluding hydrogens is 280 g/mol. The van der Waals surface area contributed by atoms with E-state index in [1.807, 2.05) is 0 Å². The van der Waals surface area contributed by atoms with Crippen LogP contribution in [0.1, 0.15) is 11.8 Å². The lowest BCUT2D eigenvalue weighted by Gasteiger charge is -2.21. The largest absolute Gasteiger partial charge is 0.469 e. The first kappa shape index (κ1) is 15.5. The highest BCUT2D eigenvalue weighted by atomic mass is 16.6. The van der Waals surface area contributed by atoms with E-state index in [-0.39, 0.29) is 12.4 Å². The zero-order valence-corrected chi connectivity index (χ0v) is 11.9. The van der Waals surface area contributed by atoms with E-state index in [0.29, 0.717) is 12.2 Å². The van der Waals surface area contributed by atoms with Gasteiger partial charge in [-0.05, 0) is 6.92 Å². The lowest BCUT2D eigenvalue weighted by Crippen LogP contribution is -2.39. The second-order valence-electron chi connectivity index (χ2n) is 4.73. The molecule has 1 saturated heterocycles. The summed E-state index contributed by atoms with van der Waals surface area (Å²) in [5.41, 5.74) is -0.760. The van der Waals surface area contributed by atoms with E-state index in [2.05, 4.69) is 11.6 Å². The number of hydrogen-bond acceptors (Lipinski definition) is 6. The maximum absolute atomic E-state index is 11.9. The molecule has 1 aliphatic heterocycles. The highest BCUT2D eigenvalue weighted by Gasteiger charge is 2.42. The Morgan fingerprint density at radius 2 is 2.19 bits per heavy atom. The Morgan fingerprint density at radius 3 is 2.86 bits per heavy atom. The van der Waals surface area contributed by atoms with E-state index in [1.165, 1.54) is 17.9 Å². The Hall–Kier alpha value is -1.90. The topological polar surface area (TPSA) is 103 Å². The van der Waals surface area contributed by atoms with Gasteiger partial charge >= 0.3 is 5.69 Å². The molecule has 0 radical (unpaired) electrons. The van der Waals surface area contributed by atoms with Crippen molar-refractivity contribution in [3.05, 3.63) is 44.9 Å². The molecule has 0 spiro atoms. The fourth-order valence-corrected chi connectivity index (χ4v) is 2.06. The first-order chi connectivity index (χ1) is 9.95. The molecule has 1 fully saturated rings. The Morgan fingerprint density at radius 1 is 1.48 bits per heavy atom. The van der Waals surface area contributed by atoms with Crippen molar-refractivity contribution in [3.8, 4) is 0 Å². The van der Waals surface area contributed by atoms with Crippen LogP contribution in [0, 0.1) is 6.92 Å². The Balaban J connectivity index is 2.32. The number of aliphatic hydroxyl groups excluding tert-OH is 1. The van der Waals surface area contributed by atoms with Crippen molar-refractivity contribution < 1.29 is 19.3 Å². The maximum Gasteiger partial charge on any atom is 0.331 e. The second-order valence-corrected chi connectivity index (χ2v) is 4.73. The Labute approximate surface area is 120 Å². The van der Waals surface area contributed by atoms with Gasteiger partial charge in [0, 0.05) is 18.9 Å². The van der Waals surface area contributed by atoms with Gasteiger partial charge in [0.1, 0.15) is 18.0 Å². The minimum Gasteiger partial charge on any atom is -0.469 e. The number of aromatic amines is 1. The van der Waals surface area contributed by atoms with E-state index in [9.17, 15) is 14.7 Å². The molecule has 0 saturated carbocycles. The minimum atomic E-state index is -1.06. The van der Waals surface area contributed by atoms with Gasteiger partial charge in [0.15, 0.2) is 0 Å². The molecule has 0 unspecified atom stereocenters. The number of H-pyrrole nitrogens is 1. The fraction of sp³-hybridized carbons (Fsp3) is 0.538. The number of aryl methyl sites for hydroxylation is 1. The molecule has 3 atom stereocenters. The van der Waals surface area contributed by atoms with Crippen molar-refractivity contribution in [2.45, 2.75) is 25.4 Å². The molecule has 0 aromatic carbocycles. The zero-order chi connectivity index (χ0) is 15.6. The maximum atomic E-state index is 11.9. The number of rotatable bonds is 5. The molecule has 116 valence electrons. The number of nitrogens with one attached hydrogen (secondary N) is 1. The standard InChI is InChI=1S/C13H18N2O6/c1-7-6-15(13(18)14-11(7)17)12-10(20-5-4-19-3)9(16)8(2)21-12/h6,9-10,12,16H,2,4-5H2,1,3H3,(H,14,17,18)/t9-,10-,12-/m1/s1. The summed E-state index contributed by atoms with van der Waals surface area (Å²) in [4.78, 5) is 25.5. The number of hydrogen-bond donors (Lipinski definition) is 2. The molecule has 2 rings (SSSR count). The lowest BCUT2D eigenvalue weighted by atomic mass is 10.2. The van der Waals surface area contributed by atoms with Gasteiger partial charge in [-0.15, -0.1) is 0 Å². The van der Waals surface area contributed by atoms with Gasteiger partial charge < -0.3 is 19.3 Å². The van der Waals surface area contributed by atoms with Gasteiger partial charge in [-0.3, -0.25) is 14.3 Å². The number of methoxy groups -OCH3 is 1. The van der Waals surface area contributed by atoms with Crippen LogP contribution in [-0.4, -0.2) is 47.2 Å². The van der Waals surface area contributed by atoms with Crippen LogP contribution < -0.4 is 11.2 Å². The third kappa shape index (κ3) is 3.07. The van der Waals surface area contributed by atoms with Gasteiger partial charge in [0.2, 0.25) is 6.23 Å². The van der Waals surface area contributed by atoms with Crippen molar-refractivity contribution in [2.24, 2.45) is 0 Å². The van der Waals surface area contributed by atoms with Gasteiger partial charge in [-0.2, -0.15) is 0 Å². The molecular formula is C13H18N2O6. The van der Waals surface area contributed by atoms with E-state index >= 15 is 0 Å². The molecule has 2 heterocycles. The fourth-order valence-electron chi connectivity index (χ4n) is 2.06. The van der Waals surface area contributed by atoms with Crippen LogP contribution >= 0.6 is 0 Å². The van der Waals surface area contributed by atoms with E-state index < -0.39 is 29.7 Å². The molecule has 1 aliphatic rings. The Bertz CT molecular complexity index is 634. The van der Waals surface area contributed by atoms with Gasteiger partial charge in [0.25, 0.3) is 5.56 Å². The van der Waals surface area contributed by atoms with E-state index in [4.69, 9.17) is 14.2 Å². The first-order valence-electron chi connectivity index (χ1n) is 6.42. The minimum absolute atomic E-state index is 0.109. The van der Waals surface area contributed by atoms with Crippen molar-refractivity contribution in [3.63, 3.8) is 0 Å². The summed E-state index contributed by atoms with van der Waals surface area (Å²) in [7, 11) is 1.52. The normalized spacial score (nSPS) is 25.1. The van der Waals surface area contributed by atoms with Gasteiger partial charge in [-0.1, -0.05) is 6.58 Å². The summed E-state index contributed by atoms with van der Waals surface area (Å²) >= 11 is 0. The average molecular weight is 298 g/mol. The van der Waals surface area contributed by atoms with Crippen LogP contribution in [0.5, 0.6) is 0 Å². The van der Waals surface area contributed by atoms with Crippen LogP contribution in [0.15, 0.2) is 28.1 Å². The van der Waals surface area contributed by atoms with E-state index in [1.54, 1.807) is 6.92 Å². The zero-order valence-electron chi connectivity index (χ0n) is 11.9. The predicted octanol–water partition coefficient (Wildman–Crippen LogP) is -0.720. The van der Waals surface area contributed by atoms with Gasteiger partial charge in [0.05, 0.1) is 13.2 Å². The molecule has 0 aliphatic carbocycles. The molecule has 8 heteroatoms. The highest BCUT2D eigenvalue weighted by molar-refractivity contribution is 5.08. The third-order valence-electron chi connectivity index (χ3n) is 3.21. The first-order valence-corrected chi connectivity index (χ1v) is 6.42. The third-order valence-corrected chi connectivity index (χ3v) is 3.21. The molecule has 2 N–H and O–H groups in total. The second kappa shape index (κ2) is 6.25. The summed E-state index contributed by atoms with van der Waals surface area (Å²) in [6.45, 7) is 5.71. The molecule has 0 amide bonds. The number of aliphatic hydroxyl groups is 1. The Kier molecular flexibility index (Phi) is 4.61. The summed E-state index contributed by atoms with van der Waals surface area (Å²) < 4.78 is 17.0. The SMILES string of the molecule is C=C1O[C@@H](n2cc(C)c(=O)[nH]c2=O)[C@H](OCCOC)[C@@H]1O. The smallest absolute Gasteiger partial charge is 0.331 e. The number of aromatic nitrogens is 2. The number of ether oxygens (including phenoxy) is 3. The van der Waals surface area contributed by atoms with Crippen LogP contribution in [-0.2, 0) is 14.2 Å². The molecule has 21 heavy (non-hydrogen) atoms. The molecule has 8 nitrogen and oxygen atoms in total. The van der Waals surface area contributed by atoms with E-state index in [0.717, 1.165) is 0 Å². The van der Waals surface area contributed by atoms with Crippen molar-refractivity contribution in [1.29, 1.82) is 0 Å². The summed E-state index contributed by atoms with van der Waals surface area (Å²) in [6, 6.07) is 0. The predicted molar refractivity (Wildman–Crippen MR) is 72.9 cm³/mol. The molecule has 0 bridgehead atoms. The van der Waals surface area contributed by atoms with Gasteiger partial charge in [-0.25, -0.2) is 4.79 Å². The highest BCUT2D eigenvalue weighted by Crippen LogP contribution is 2.32. The summed E-state index contributed by atoms with van der Waals surface area (Å²) in [5.74, 6) is 0.109. The average Bonchev–Trinajstić information content (AvgIpc) is 2.71. The molecule has 1 aromatic heterocycles. The van der Waals surface area contributed by atoms with Crippen molar-refractivity contribution >= 4 is 0 Å².